The quantitative estimate of drug-likeness (QED) is 0.616. The zero-order chi connectivity index (χ0) is 13.5. The van der Waals surface area contributed by atoms with E-state index in [9.17, 15) is 0 Å². The normalized spacial score (nSPS) is 22.4. The zero-order valence-electron chi connectivity index (χ0n) is 11.4. The van der Waals surface area contributed by atoms with Gasteiger partial charge in [-0.05, 0) is 30.9 Å². The molecule has 106 valence electrons. The Bertz CT molecular complexity index is 386. The Morgan fingerprint density at radius 1 is 1.26 bits per heavy atom. The third kappa shape index (κ3) is 4.02. The molecule has 0 saturated heterocycles. The topological polar surface area (TPSA) is 30.5 Å². The molecule has 4 heteroatoms. The number of alkyl halides is 1. The van der Waals surface area contributed by atoms with Crippen LogP contribution in [0.15, 0.2) is 24.3 Å². The van der Waals surface area contributed by atoms with Gasteiger partial charge in [-0.25, -0.2) is 0 Å². The zero-order valence-corrected chi connectivity index (χ0v) is 12.2. The second-order valence-electron chi connectivity index (χ2n) is 4.91. The first kappa shape index (κ1) is 14.5. The number of ether oxygens (including phenoxy) is 2. The summed E-state index contributed by atoms with van der Waals surface area (Å²) in [6.07, 6.45) is 3.75. The van der Waals surface area contributed by atoms with Crippen LogP contribution in [-0.4, -0.2) is 32.2 Å². The third-order valence-electron chi connectivity index (χ3n) is 3.69. The largest absolute Gasteiger partial charge is 0.493 e. The summed E-state index contributed by atoms with van der Waals surface area (Å²) in [6.45, 7) is 1.49. The molecule has 0 aliphatic heterocycles. The van der Waals surface area contributed by atoms with Gasteiger partial charge in [-0.3, -0.25) is 0 Å². The number of methoxy groups -OCH3 is 1. The molecule has 0 amide bonds. The molecule has 0 bridgehead atoms. The number of rotatable bonds is 7. The van der Waals surface area contributed by atoms with Gasteiger partial charge in [0.2, 0.25) is 0 Å². The third-order valence-corrected chi connectivity index (χ3v) is 4.09. The second-order valence-corrected chi connectivity index (χ2v) is 5.21. The average molecular weight is 284 g/mol. The van der Waals surface area contributed by atoms with Crippen LogP contribution in [-0.2, 0) is 0 Å². The Morgan fingerprint density at radius 3 is 2.79 bits per heavy atom. The van der Waals surface area contributed by atoms with Crippen LogP contribution in [0.25, 0.3) is 0 Å². The van der Waals surface area contributed by atoms with Crippen LogP contribution >= 0.6 is 11.6 Å². The lowest BCUT2D eigenvalue weighted by atomic mass is 10.1. The van der Waals surface area contributed by atoms with Crippen LogP contribution in [0.2, 0.25) is 0 Å². The SMILES string of the molecule is COc1ccccc1OCCNC1CCCC1CCl. The van der Waals surface area contributed by atoms with E-state index in [1.165, 1.54) is 19.3 Å². The fourth-order valence-corrected chi connectivity index (χ4v) is 3.00. The molecule has 1 aliphatic carbocycles. The van der Waals surface area contributed by atoms with Crippen LogP contribution in [0, 0.1) is 5.92 Å². The van der Waals surface area contributed by atoms with Gasteiger partial charge >= 0.3 is 0 Å². The number of hydrogen-bond donors (Lipinski definition) is 1. The van der Waals surface area contributed by atoms with Gasteiger partial charge in [0.05, 0.1) is 7.11 Å². The summed E-state index contributed by atoms with van der Waals surface area (Å²) in [6, 6.07) is 8.28. The summed E-state index contributed by atoms with van der Waals surface area (Å²) in [4.78, 5) is 0. The van der Waals surface area contributed by atoms with E-state index in [4.69, 9.17) is 21.1 Å². The Balaban J connectivity index is 1.72. The summed E-state index contributed by atoms with van der Waals surface area (Å²) in [5, 5.41) is 3.54. The number of hydrogen-bond acceptors (Lipinski definition) is 3. The molecule has 19 heavy (non-hydrogen) atoms. The molecule has 2 rings (SSSR count). The Kier molecular flexibility index (Phi) is 5.80. The van der Waals surface area contributed by atoms with Gasteiger partial charge in [-0.15, -0.1) is 11.6 Å². The van der Waals surface area contributed by atoms with Crippen molar-refractivity contribution in [2.75, 3.05) is 26.1 Å². The van der Waals surface area contributed by atoms with Crippen LogP contribution in [0.5, 0.6) is 11.5 Å². The van der Waals surface area contributed by atoms with Crippen molar-refractivity contribution >= 4 is 11.6 Å². The van der Waals surface area contributed by atoms with Gasteiger partial charge in [-0.1, -0.05) is 18.6 Å². The van der Waals surface area contributed by atoms with E-state index < -0.39 is 0 Å². The van der Waals surface area contributed by atoms with Crippen molar-refractivity contribution in [2.45, 2.75) is 25.3 Å². The molecule has 1 aromatic carbocycles. The van der Waals surface area contributed by atoms with E-state index in [2.05, 4.69) is 5.32 Å². The molecule has 1 aromatic rings. The molecule has 1 fully saturated rings. The predicted molar refractivity (Wildman–Crippen MR) is 78.3 cm³/mol. The lowest BCUT2D eigenvalue weighted by Crippen LogP contribution is -2.35. The highest BCUT2D eigenvalue weighted by atomic mass is 35.5. The van der Waals surface area contributed by atoms with Crippen molar-refractivity contribution in [2.24, 2.45) is 5.92 Å². The monoisotopic (exact) mass is 283 g/mol. The smallest absolute Gasteiger partial charge is 0.161 e. The molecular weight excluding hydrogens is 262 g/mol. The Morgan fingerprint density at radius 2 is 2.05 bits per heavy atom. The molecule has 2 atom stereocenters. The summed E-state index contributed by atoms with van der Waals surface area (Å²) < 4.78 is 11.0. The number of benzene rings is 1. The van der Waals surface area contributed by atoms with Gasteiger partial charge in [0.25, 0.3) is 0 Å². The van der Waals surface area contributed by atoms with Gasteiger partial charge < -0.3 is 14.8 Å². The molecule has 1 saturated carbocycles. The van der Waals surface area contributed by atoms with E-state index >= 15 is 0 Å². The van der Waals surface area contributed by atoms with Gasteiger partial charge in [0, 0.05) is 18.5 Å². The Labute approximate surface area is 120 Å². The average Bonchev–Trinajstić information content (AvgIpc) is 2.91. The molecule has 3 nitrogen and oxygen atoms in total. The minimum absolute atomic E-state index is 0.554. The molecule has 0 heterocycles. The van der Waals surface area contributed by atoms with E-state index in [1.54, 1.807) is 7.11 Å². The highest BCUT2D eigenvalue weighted by molar-refractivity contribution is 6.18. The minimum atomic E-state index is 0.554. The maximum atomic E-state index is 5.96. The van der Waals surface area contributed by atoms with Gasteiger partial charge in [-0.2, -0.15) is 0 Å². The summed E-state index contributed by atoms with van der Waals surface area (Å²) >= 11 is 5.96. The second kappa shape index (κ2) is 7.61. The first-order valence-corrected chi connectivity index (χ1v) is 7.43. The molecule has 0 radical (unpaired) electrons. The van der Waals surface area contributed by atoms with Crippen molar-refractivity contribution < 1.29 is 9.47 Å². The van der Waals surface area contributed by atoms with E-state index in [-0.39, 0.29) is 0 Å². The molecule has 1 N–H and O–H groups in total. The number of halogens is 1. The van der Waals surface area contributed by atoms with Crippen molar-refractivity contribution in [3.8, 4) is 11.5 Å². The molecule has 0 spiro atoms. The van der Waals surface area contributed by atoms with E-state index in [0.717, 1.165) is 23.9 Å². The molecule has 1 aliphatic rings. The maximum Gasteiger partial charge on any atom is 0.161 e. The summed E-state index contributed by atoms with van der Waals surface area (Å²) in [7, 11) is 1.66. The highest BCUT2D eigenvalue weighted by Crippen LogP contribution is 2.27. The van der Waals surface area contributed by atoms with Crippen molar-refractivity contribution in [1.82, 2.24) is 5.32 Å². The van der Waals surface area contributed by atoms with Crippen molar-refractivity contribution in [3.63, 3.8) is 0 Å². The molecular formula is C15H22ClNO2. The number of para-hydroxylation sites is 2. The maximum absolute atomic E-state index is 5.96. The van der Waals surface area contributed by atoms with Crippen molar-refractivity contribution in [3.05, 3.63) is 24.3 Å². The summed E-state index contributed by atoms with van der Waals surface area (Å²) in [5.41, 5.74) is 0. The van der Waals surface area contributed by atoms with Gasteiger partial charge in [0.15, 0.2) is 11.5 Å². The standard InChI is InChI=1S/C15H22ClNO2/c1-18-14-7-2-3-8-15(14)19-10-9-17-13-6-4-5-12(13)11-16/h2-3,7-8,12-13,17H,4-6,9-11H2,1H3. The first-order valence-electron chi connectivity index (χ1n) is 6.90. The predicted octanol–water partition coefficient (Wildman–Crippen LogP) is 3.07. The fourth-order valence-electron chi connectivity index (χ4n) is 2.63. The lowest BCUT2D eigenvalue weighted by Gasteiger charge is -2.19. The highest BCUT2D eigenvalue weighted by Gasteiger charge is 2.25. The fraction of sp³-hybridized carbons (Fsp3) is 0.600. The van der Waals surface area contributed by atoms with E-state index in [1.807, 2.05) is 24.3 Å². The molecule has 2 unspecified atom stereocenters. The van der Waals surface area contributed by atoms with Crippen LogP contribution in [0.1, 0.15) is 19.3 Å². The number of nitrogens with one attached hydrogen (secondary N) is 1. The molecule has 0 aromatic heterocycles. The minimum Gasteiger partial charge on any atom is -0.493 e. The van der Waals surface area contributed by atoms with Gasteiger partial charge in [0.1, 0.15) is 6.61 Å². The Hall–Kier alpha value is -0.930. The van der Waals surface area contributed by atoms with Crippen LogP contribution in [0.3, 0.4) is 0 Å². The first-order chi connectivity index (χ1) is 9.35. The summed E-state index contributed by atoms with van der Waals surface area (Å²) in [5.74, 6) is 2.95. The lowest BCUT2D eigenvalue weighted by molar-refractivity contribution is 0.280. The van der Waals surface area contributed by atoms with E-state index in [0.29, 0.717) is 18.6 Å². The van der Waals surface area contributed by atoms with Crippen LogP contribution in [0.4, 0.5) is 0 Å². The van der Waals surface area contributed by atoms with Crippen LogP contribution < -0.4 is 14.8 Å². The van der Waals surface area contributed by atoms with Crippen molar-refractivity contribution in [1.29, 1.82) is 0 Å².